The quantitative estimate of drug-likeness (QED) is 0.484. The van der Waals surface area contributed by atoms with E-state index in [9.17, 15) is 14.8 Å². The first-order valence-corrected chi connectivity index (χ1v) is 14.7. The van der Waals surface area contributed by atoms with Crippen molar-refractivity contribution in [2.75, 3.05) is 44.7 Å². The summed E-state index contributed by atoms with van der Waals surface area (Å²) in [6.07, 6.45) is 9.80. The van der Waals surface area contributed by atoms with Crippen molar-refractivity contribution in [2.24, 2.45) is 29.6 Å². The van der Waals surface area contributed by atoms with Crippen LogP contribution in [-0.4, -0.2) is 70.7 Å². The third-order valence-electron chi connectivity index (χ3n) is 9.55. The highest BCUT2D eigenvalue weighted by Crippen LogP contribution is 2.56. The molecule has 2 aliphatic heterocycles. The molecule has 8 heteroatoms. The number of amides is 2. The molecule has 4 atom stereocenters. The van der Waals surface area contributed by atoms with E-state index in [2.05, 4.69) is 27.5 Å². The fraction of sp³-hybridized carbons (Fsp3) is 0.679. The number of hydrogen-bond donors (Lipinski definition) is 1. The van der Waals surface area contributed by atoms with Crippen molar-refractivity contribution in [3.05, 3.63) is 24.3 Å². The van der Waals surface area contributed by atoms with Gasteiger partial charge in [0.15, 0.2) is 5.82 Å². The SMILES string of the molecule is C[N+]1(O)CCN(c2nsc3ccccc23)CC1.O=C1C2C(C(=O)N1CC1CCCCC1)[C@H]1CC[C@@H]2C1. The number of hydrogen-bond acceptors (Lipinski definition) is 6. The Kier molecular flexibility index (Phi) is 6.55. The zero-order valence-electron chi connectivity index (χ0n) is 21.3. The number of carbonyl (C=O) groups excluding carboxylic acids is 2. The first-order valence-electron chi connectivity index (χ1n) is 13.9. The predicted octanol–water partition coefficient (Wildman–Crippen LogP) is 4.55. The van der Waals surface area contributed by atoms with E-state index in [4.69, 9.17) is 0 Å². The van der Waals surface area contributed by atoms with Gasteiger partial charge < -0.3 is 4.90 Å². The van der Waals surface area contributed by atoms with Crippen LogP contribution in [0, 0.1) is 29.6 Å². The van der Waals surface area contributed by atoms with E-state index in [0.29, 0.717) is 17.8 Å². The zero-order chi connectivity index (χ0) is 24.9. The molecule has 1 N–H and O–H groups in total. The Morgan fingerprint density at radius 3 is 2.28 bits per heavy atom. The first-order chi connectivity index (χ1) is 17.4. The van der Waals surface area contributed by atoms with Crippen LogP contribution in [0.5, 0.6) is 0 Å². The maximum atomic E-state index is 12.6. The number of likely N-dealkylation sites (tertiary alicyclic amines) is 1. The van der Waals surface area contributed by atoms with E-state index < -0.39 is 0 Å². The average Bonchev–Trinajstić information content (AvgIpc) is 3.66. The van der Waals surface area contributed by atoms with Crippen LogP contribution in [0.1, 0.15) is 51.4 Å². The molecule has 1 aromatic carbocycles. The van der Waals surface area contributed by atoms with Crippen molar-refractivity contribution in [3.63, 3.8) is 0 Å². The predicted molar refractivity (Wildman–Crippen MR) is 141 cm³/mol. The van der Waals surface area contributed by atoms with Crippen LogP contribution in [0.4, 0.5) is 5.82 Å². The summed E-state index contributed by atoms with van der Waals surface area (Å²) in [6, 6.07) is 8.32. The number of nitrogens with zero attached hydrogens (tertiary/aromatic N) is 4. The Labute approximate surface area is 217 Å². The summed E-state index contributed by atoms with van der Waals surface area (Å²) in [7, 11) is 1.86. The van der Waals surface area contributed by atoms with Gasteiger partial charge in [-0.1, -0.05) is 31.4 Å². The lowest BCUT2D eigenvalue weighted by atomic mass is 9.81. The van der Waals surface area contributed by atoms with Gasteiger partial charge in [0.05, 0.1) is 36.7 Å². The summed E-state index contributed by atoms with van der Waals surface area (Å²) in [5.41, 5.74) is 0. The third kappa shape index (κ3) is 4.45. The highest BCUT2D eigenvalue weighted by atomic mass is 32.1. The van der Waals surface area contributed by atoms with Gasteiger partial charge in [-0.15, -0.1) is 0 Å². The minimum absolute atomic E-state index is 0.0786. The van der Waals surface area contributed by atoms with Crippen LogP contribution in [0.2, 0.25) is 0 Å². The molecule has 7 rings (SSSR count). The zero-order valence-corrected chi connectivity index (χ0v) is 22.2. The molecule has 3 heterocycles. The Bertz CT molecular complexity index is 1090. The molecule has 2 saturated heterocycles. The fourth-order valence-electron chi connectivity index (χ4n) is 7.49. The van der Waals surface area contributed by atoms with Crippen molar-refractivity contribution >= 4 is 39.3 Å². The van der Waals surface area contributed by atoms with Gasteiger partial charge in [-0.2, -0.15) is 9.02 Å². The van der Waals surface area contributed by atoms with E-state index in [1.165, 1.54) is 55.0 Å². The third-order valence-corrected chi connectivity index (χ3v) is 10.4. The van der Waals surface area contributed by atoms with Gasteiger partial charge >= 0.3 is 0 Å². The van der Waals surface area contributed by atoms with Crippen molar-refractivity contribution < 1.29 is 19.4 Å². The topological polar surface area (TPSA) is 73.7 Å². The number of carbonyl (C=O) groups is 2. The second-order valence-electron chi connectivity index (χ2n) is 12.0. The van der Waals surface area contributed by atoms with Gasteiger partial charge in [0, 0.05) is 11.9 Å². The molecule has 2 amide bonds. The van der Waals surface area contributed by atoms with E-state index in [1.54, 1.807) is 16.4 Å². The smallest absolute Gasteiger partial charge is 0.233 e. The lowest BCUT2D eigenvalue weighted by molar-refractivity contribution is -1.09. The normalized spacial score (nSPS) is 31.6. The lowest BCUT2D eigenvalue weighted by Crippen LogP contribution is -2.55. The molecule has 3 aliphatic carbocycles. The fourth-order valence-corrected chi connectivity index (χ4v) is 8.28. The van der Waals surface area contributed by atoms with Crippen molar-refractivity contribution in [1.82, 2.24) is 9.27 Å². The largest absolute Gasteiger partial charge is 0.344 e. The molecule has 7 nitrogen and oxygen atoms in total. The monoisotopic (exact) mass is 511 g/mol. The molecule has 1 aromatic heterocycles. The summed E-state index contributed by atoms with van der Waals surface area (Å²) < 4.78 is 5.90. The average molecular weight is 512 g/mol. The second-order valence-corrected chi connectivity index (χ2v) is 12.8. The molecular weight excluding hydrogens is 472 g/mol. The van der Waals surface area contributed by atoms with E-state index in [0.717, 1.165) is 45.0 Å². The van der Waals surface area contributed by atoms with Gasteiger partial charge in [0.2, 0.25) is 11.8 Å². The molecule has 0 spiro atoms. The number of anilines is 1. The van der Waals surface area contributed by atoms with Crippen LogP contribution in [0.3, 0.4) is 0 Å². The highest BCUT2D eigenvalue weighted by Gasteiger charge is 2.60. The van der Waals surface area contributed by atoms with E-state index in [-0.39, 0.29) is 28.3 Å². The van der Waals surface area contributed by atoms with Crippen LogP contribution in [0.15, 0.2) is 24.3 Å². The van der Waals surface area contributed by atoms with Crippen molar-refractivity contribution in [2.45, 2.75) is 51.4 Å². The molecule has 2 aromatic rings. The number of aromatic nitrogens is 1. The molecule has 5 aliphatic rings. The number of piperazine rings is 1. The number of hydroxylamine groups is 3. The van der Waals surface area contributed by atoms with Crippen LogP contribution >= 0.6 is 11.5 Å². The molecule has 3 saturated carbocycles. The number of rotatable bonds is 3. The van der Waals surface area contributed by atoms with Crippen molar-refractivity contribution in [1.29, 1.82) is 0 Å². The molecule has 5 fully saturated rings. The Morgan fingerprint density at radius 1 is 0.972 bits per heavy atom. The number of imide groups is 1. The minimum atomic E-state index is 0.0786. The Morgan fingerprint density at radius 2 is 1.61 bits per heavy atom. The van der Waals surface area contributed by atoms with Gasteiger partial charge in [0.1, 0.15) is 13.1 Å². The van der Waals surface area contributed by atoms with Crippen LogP contribution in [0.25, 0.3) is 10.1 Å². The van der Waals surface area contributed by atoms with Gasteiger partial charge in [-0.3, -0.25) is 14.5 Å². The molecule has 2 unspecified atom stereocenters. The van der Waals surface area contributed by atoms with Gasteiger partial charge in [0.25, 0.3) is 0 Å². The second kappa shape index (κ2) is 9.69. The summed E-state index contributed by atoms with van der Waals surface area (Å²) in [5.74, 6) is 3.25. The summed E-state index contributed by atoms with van der Waals surface area (Å²) in [6.45, 7) is 3.96. The maximum absolute atomic E-state index is 12.6. The maximum Gasteiger partial charge on any atom is 0.233 e. The lowest BCUT2D eigenvalue weighted by Gasteiger charge is -2.36. The van der Waals surface area contributed by atoms with Crippen molar-refractivity contribution in [3.8, 4) is 0 Å². The number of quaternary nitrogens is 1. The molecular formula is C28H39N4O3S+. The minimum Gasteiger partial charge on any atom is -0.344 e. The van der Waals surface area contributed by atoms with Crippen LogP contribution < -0.4 is 4.90 Å². The molecule has 0 radical (unpaired) electrons. The summed E-state index contributed by atoms with van der Waals surface area (Å²) in [5, 5.41) is 11.1. The molecule has 36 heavy (non-hydrogen) atoms. The molecule has 194 valence electrons. The highest BCUT2D eigenvalue weighted by molar-refractivity contribution is 7.13. The summed E-state index contributed by atoms with van der Waals surface area (Å²) >= 11 is 1.55. The Hall–Kier alpha value is -2.03. The van der Waals surface area contributed by atoms with Crippen LogP contribution in [-0.2, 0) is 9.59 Å². The standard InChI is InChI=1S/C16H23NO2.C12H16N3OS/c18-15-13-11-6-7-12(8-11)14(13)16(19)17(15)9-10-4-2-1-3-5-10;1-15(16)8-6-14(7-9-15)12-10-4-2-3-5-11(10)17-13-12/h10-14H,1-9H2;2-5,16H,6-9H2,1H3/q;+1/t11-,12+,13?,14?;. The first kappa shape index (κ1) is 24.3. The van der Waals surface area contributed by atoms with Gasteiger partial charge in [-0.25, -0.2) is 5.21 Å². The summed E-state index contributed by atoms with van der Waals surface area (Å²) in [4.78, 5) is 29.1. The Balaban J connectivity index is 0.000000134. The van der Waals surface area contributed by atoms with E-state index >= 15 is 0 Å². The molecule has 2 bridgehead atoms. The van der Waals surface area contributed by atoms with E-state index in [1.807, 2.05) is 13.1 Å². The number of benzene rings is 1. The number of likely N-dealkylation sites (N-methyl/N-ethyl adjacent to an activating group) is 1. The van der Waals surface area contributed by atoms with Gasteiger partial charge in [-0.05, 0) is 73.5 Å². The number of fused-ring (bicyclic) bond motifs is 6.